The van der Waals surface area contributed by atoms with Crippen LogP contribution in [0.4, 0.5) is 5.69 Å². The van der Waals surface area contributed by atoms with Crippen molar-refractivity contribution in [3.63, 3.8) is 0 Å². The van der Waals surface area contributed by atoms with Gasteiger partial charge in [0.15, 0.2) is 12.4 Å². The van der Waals surface area contributed by atoms with Crippen molar-refractivity contribution in [1.82, 2.24) is 0 Å². The molecule has 0 saturated heterocycles. The van der Waals surface area contributed by atoms with E-state index < -0.39 is 0 Å². The molecule has 0 aliphatic carbocycles. The minimum atomic E-state index is -0.378. The summed E-state index contributed by atoms with van der Waals surface area (Å²) in [4.78, 5) is 35.4. The van der Waals surface area contributed by atoms with E-state index in [-0.39, 0.29) is 24.3 Å². The van der Waals surface area contributed by atoms with Crippen LogP contribution in [0.1, 0.15) is 31.8 Å². The van der Waals surface area contributed by atoms with Gasteiger partial charge in [-0.1, -0.05) is 30.3 Å². The van der Waals surface area contributed by atoms with Crippen LogP contribution in [0.25, 0.3) is 6.08 Å². The highest BCUT2D eigenvalue weighted by Crippen LogP contribution is 2.28. The van der Waals surface area contributed by atoms with Crippen LogP contribution in [-0.4, -0.2) is 31.4 Å². The van der Waals surface area contributed by atoms with E-state index in [1.807, 2.05) is 36.4 Å². The molecule has 1 heterocycles. The Balaban J connectivity index is 1.33. The van der Waals surface area contributed by atoms with Gasteiger partial charge in [-0.2, -0.15) is 0 Å². The van der Waals surface area contributed by atoms with Gasteiger partial charge in [0.05, 0.1) is 18.4 Å². The first kappa shape index (κ1) is 21.8. The molecule has 166 valence electrons. The number of hydrogen-bond acceptors (Lipinski definition) is 6. The minimum absolute atomic E-state index is 0.0262. The second kappa shape index (κ2) is 9.82. The third kappa shape index (κ3) is 5.46. The number of esters is 1. The summed E-state index contributed by atoms with van der Waals surface area (Å²) >= 11 is 0. The molecule has 1 aliphatic heterocycles. The summed E-state index contributed by atoms with van der Waals surface area (Å²) in [5.74, 6) is 0.416. The molecule has 0 bridgehead atoms. The molecule has 0 aromatic heterocycles. The average molecular weight is 443 g/mol. The van der Waals surface area contributed by atoms with Crippen LogP contribution in [0.5, 0.6) is 11.5 Å². The second-order valence-corrected chi connectivity index (χ2v) is 7.29. The maximum absolute atomic E-state index is 12.5. The largest absolute Gasteiger partial charge is 0.489 e. The number of rotatable bonds is 7. The number of carbonyl (C=O) groups is 3. The van der Waals surface area contributed by atoms with Crippen LogP contribution in [0, 0.1) is 0 Å². The molecule has 1 amide bonds. The summed E-state index contributed by atoms with van der Waals surface area (Å²) in [5.41, 5.74) is 3.19. The number of nitrogens with one attached hydrogen (secondary N) is 1. The van der Waals surface area contributed by atoms with Crippen LogP contribution in [0.3, 0.4) is 0 Å². The number of anilines is 1. The first-order valence-corrected chi connectivity index (χ1v) is 10.2. The van der Waals surface area contributed by atoms with Gasteiger partial charge in [0, 0.05) is 5.56 Å². The molecule has 1 N–H and O–H groups in total. The number of ether oxygens (including phenoxy) is 3. The molecule has 1 aliphatic rings. The number of allylic oxidation sites excluding steroid dienone is 1. The summed E-state index contributed by atoms with van der Waals surface area (Å²) in [6, 6.07) is 19.3. The van der Waals surface area contributed by atoms with E-state index in [9.17, 15) is 14.4 Å². The molecule has 0 atom stereocenters. The van der Waals surface area contributed by atoms with Crippen molar-refractivity contribution in [2.75, 3.05) is 19.0 Å². The van der Waals surface area contributed by atoms with Crippen molar-refractivity contribution in [3.8, 4) is 11.5 Å². The van der Waals surface area contributed by atoms with E-state index in [0.717, 1.165) is 11.1 Å². The van der Waals surface area contributed by atoms with Gasteiger partial charge in [-0.05, 0) is 59.7 Å². The van der Waals surface area contributed by atoms with Crippen molar-refractivity contribution in [2.24, 2.45) is 0 Å². The lowest BCUT2D eigenvalue weighted by Gasteiger charge is -2.17. The van der Waals surface area contributed by atoms with Gasteiger partial charge >= 0.3 is 5.97 Å². The first-order valence-electron chi connectivity index (χ1n) is 10.2. The fourth-order valence-corrected chi connectivity index (χ4v) is 3.20. The number of ketones is 1. The number of fused-ring (bicyclic) bond motifs is 1. The molecular weight excluding hydrogens is 422 g/mol. The number of carbonyl (C=O) groups excluding carboxylic acids is 3. The highest BCUT2D eigenvalue weighted by molar-refractivity contribution is 6.08. The van der Waals surface area contributed by atoms with Crippen LogP contribution in [0.15, 0.2) is 72.8 Å². The van der Waals surface area contributed by atoms with E-state index in [0.29, 0.717) is 34.9 Å². The number of methoxy groups -OCH3 is 1. The quantitative estimate of drug-likeness (QED) is 0.333. The third-order valence-electron chi connectivity index (χ3n) is 4.98. The van der Waals surface area contributed by atoms with Gasteiger partial charge in [0.25, 0.3) is 5.91 Å². The van der Waals surface area contributed by atoms with Crippen LogP contribution in [0.2, 0.25) is 0 Å². The summed E-state index contributed by atoms with van der Waals surface area (Å²) in [7, 11) is 1.35. The molecule has 0 saturated carbocycles. The van der Waals surface area contributed by atoms with Gasteiger partial charge in [0.2, 0.25) is 0 Å². The second-order valence-electron chi connectivity index (χ2n) is 7.29. The SMILES string of the molecule is COC(=O)c1ccc(COc2ccc(/C=C/C(=O)c3ccc4c(c3)NC(=O)CO4)cc2)cc1. The molecule has 4 rings (SSSR count). The molecule has 3 aromatic rings. The fraction of sp³-hybridized carbons (Fsp3) is 0.115. The Bertz CT molecular complexity index is 1210. The minimum Gasteiger partial charge on any atom is -0.489 e. The monoisotopic (exact) mass is 443 g/mol. The van der Waals surface area contributed by atoms with E-state index in [1.165, 1.54) is 13.2 Å². The molecule has 7 nitrogen and oxygen atoms in total. The zero-order valence-corrected chi connectivity index (χ0v) is 17.9. The van der Waals surface area contributed by atoms with E-state index >= 15 is 0 Å². The van der Waals surface area contributed by atoms with Crippen LogP contribution < -0.4 is 14.8 Å². The Morgan fingerprint density at radius 2 is 1.73 bits per heavy atom. The predicted octanol–water partition coefficient (Wildman–Crippen LogP) is 4.28. The highest BCUT2D eigenvalue weighted by atomic mass is 16.5. The lowest BCUT2D eigenvalue weighted by Crippen LogP contribution is -2.25. The Kier molecular flexibility index (Phi) is 6.50. The normalized spacial score (nSPS) is 12.5. The van der Waals surface area contributed by atoms with Gasteiger partial charge in [0.1, 0.15) is 18.1 Å². The van der Waals surface area contributed by atoms with Crippen LogP contribution >= 0.6 is 0 Å². The molecule has 3 aromatic carbocycles. The smallest absolute Gasteiger partial charge is 0.337 e. The standard InChI is InChI=1S/C26H21NO6/c1-31-26(30)19-7-2-18(3-8-19)15-32-21-10-4-17(5-11-21)6-12-23(28)20-9-13-24-22(14-20)27-25(29)16-33-24/h2-14H,15-16H2,1H3,(H,27,29)/b12-6+. The van der Waals surface area contributed by atoms with Gasteiger partial charge in [-0.15, -0.1) is 0 Å². The van der Waals surface area contributed by atoms with E-state index in [4.69, 9.17) is 9.47 Å². The zero-order valence-electron chi connectivity index (χ0n) is 17.9. The van der Waals surface area contributed by atoms with Crippen molar-refractivity contribution in [3.05, 3.63) is 95.1 Å². The Morgan fingerprint density at radius 1 is 1.00 bits per heavy atom. The maximum Gasteiger partial charge on any atom is 0.337 e. The molecule has 7 heteroatoms. The third-order valence-corrected chi connectivity index (χ3v) is 4.98. The van der Waals surface area contributed by atoms with Crippen molar-refractivity contribution in [1.29, 1.82) is 0 Å². The Morgan fingerprint density at radius 3 is 2.45 bits per heavy atom. The van der Waals surface area contributed by atoms with Gasteiger partial charge in [-0.25, -0.2) is 4.79 Å². The zero-order chi connectivity index (χ0) is 23.2. The molecule has 0 fully saturated rings. The predicted molar refractivity (Wildman–Crippen MR) is 122 cm³/mol. The van der Waals surface area contributed by atoms with Crippen molar-refractivity contribution in [2.45, 2.75) is 6.61 Å². The Labute approximate surface area is 190 Å². The molecule has 0 unspecified atom stereocenters. The summed E-state index contributed by atoms with van der Waals surface area (Å²) in [6.07, 6.45) is 3.19. The molecule has 0 spiro atoms. The highest BCUT2D eigenvalue weighted by Gasteiger charge is 2.17. The lowest BCUT2D eigenvalue weighted by atomic mass is 10.1. The van der Waals surface area contributed by atoms with E-state index in [1.54, 1.807) is 36.4 Å². The molecular formula is C26H21NO6. The van der Waals surface area contributed by atoms with Crippen molar-refractivity contribution >= 4 is 29.4 Å². The van der Waals surface area contributed by atoms with Crippen molar-refractivity contribution < 1.29 is 28.6 Å². The molecule has 33 heavy (non-hydrogen) atoms. The number of benzene rings is 3. The first-order chi connectivity index (χ1) is 16.0. The van der Waals surface area contributed by atoms with Gasteiger partial charge in [-0.3, -0.25) is 9.59 Å². The Hall–Kier alpha value is -4.39. The fourth-order valence-electron chi connectivity index (χ4n) is 3.20. The topological polar surface area (TPSA) is 90.9 Å². The maximum atomic E-state index is 12.5. The lowest BCUT2D eigenvalue weighted by molar-refractivity contribution is -0.118. The number of amides is 1. The van der Waals surface area contributed by atoms with Crippen LogP contribution in [-0.2, 0) is 16.1 Å². The summed E-state index contributed by atoms with van der Waals surface area (Å²) < 4.78 is 15.8. The molecule has 0 radical (unpaired) electrons. The number of hydrogen-bond donors (Lipinski definition) is 1. The summed E-state index contributed by atoms with van der Waals surface area (Å²) in [5, 5.41) is 2.69. The average Bonchev–Trinajstić information content (AvgIpc) is 2.86. The summed E-state index contributed by atoms with van der Waals surface area (Å²) in [6.45, 7) is 0.329. The van der Waals surface area contributed by atoms with E-state index in [2.05, 4.69) is 10.1 Å². The van der Waals surface area contributed by atoms with Gasteiger partial charge < -0.3 is 19.5 Å².